The molecule has 1 saturated carbocycles. The summed E-state index contributed by atoms with van der Waals surface area (Å²) in [6, 6.07) is 3.51. The Hall–Kier alpha value is -1.78. The van der Waals surface area contributed by atoms with Crippen LogP contribution in [0.4, 0.5) is 13.6 Å². The molecule has 156 valence electrons. The fourth-order valence-corrected chi connectivity index (χ4v) is 5.08. The van der Waals surface area contributed by atoms with Gasteiger partial charge in [0, 0.05) is 36.5 Å². The fourth-order valence-electron chi connectivity index (χ4n) is 4.18. The average Bonchev–Trinajstić information content (AvgIpc) is 2.89. The Morgan fingerprint density at radius 1 is 1.34 bits per heavy atom. The predicted molar refractivity (Wildman–Crippen MR) is 112 cm³/mol. The number of nitrogens with zero attached hydrogens (tertiary/aromatic N) is 4. The van der Waals surface area contributed by atoms with Gasteiger partial charge >= 0.3 is 6.09 Å². The molecule has 4 rings (SSSR count). The molecule has 0 atom stereocenters. The molecule has 1 saturated heterocycles. The Bertz CT molecular complexity index is 913. The summed E-state index contributed by atoms with van der Waals surface area (Å²) in [4.78, 5) is 17.9. The lowest BCUT2D eigenvalue weighted by atomic mass is 9.61. The first-order chi connectivity index (χ1) is 13.6. The van der Waals surface area contributed by atoms with Crippen LogP contribution in [0, 0.1) is 8.99 Å². The second-order valence-electron chi connectivity index (χ2n) is 8.93. The first-order valence-corrected chi connectivity index (χ1v) is 10.6. The van der Waals surface area contributed by atoms with Gasteiger partial charge in [-0.25, -0.2) is 13.6 Å². The van der Waals surface area contributed by atoms with Crippen molar-refractivity contribution >= 4 is 28.7 Å². The van der Waals surface area contributed by atoms with Gasteiger partial charge in [0.25, 0.3) is 6.43 Å². The Labute approximate surface area is 181 Å². The molecule has 29 heavy (non-hydrogen) atoms. The minimum Gasteiger partial charge on any atom is -0.444 e. The SMILES string of the molecule is CC(C)(C)OC(=O)N1CC2(CC(n3nc(-c4cccnc4)c(I)c3C(F)F)C2)C1. The molecule has 1 amide bonds. The van der Waals surface area contributed by atoms with E-state index < -0.39 is 12.0 Å². The van der Waals surface area contributed by atoms with Crippen LogP contribution in [0.15, 0.2) is 24.5 Å². The minimum absolute atomic E-state index is 0.00713. The fraction of sp³-hybridized carbons (Fsp3) is 0.550. The summed E-state index contributed by atoms with van der Waals surface area (Å²) in [6.07, 6.45) is 1.83. The van der Waals surface area contributed by atoms with Gasteiger partial charge in [0.15, 0.2) is 0 Å². The molecule has 0 aromatic carbocycles. The van der Waals surface area contributed by atoms with Crippen molar-refractivity contribution in [2.24, 2.45) is 5.41 Å². The van der Waals surface area contributed by atoms with Gasteiger partial charge in [-0.1, -0.05) is 0 Å². The van der Waals surface area contributed by atoms with Crippen LogP contribution in [0.25, 0.3) is 11.3 Å². The monoisotopic (exact) mass is 516 g/mol. The molecule has 0 N–H and O–H groups in total. The summed E-state index contributed by atoms with van der Waals surface area (Å²) in [7, 11) is 0. The molecular formula is C20H23F2IN4O2. The highest BCUT2D eigenvalue weighted by Gasteiger charge is 2.55. The van der Waals surface area contributed by atoms with Gasteiger partial charge < -0.3 is 9.64 Å². The number of carbonyl (C=O) groups excluding carboxylic acids is 1. The lowest BCUT2D eigenvalue weighted by Gasteiger charge is -2.58. The molecule has 0 bridgehead atoms. The lowest BCUT2D eigenvalue weighted by molar-refractivity contribution is -0.0942. The second kappa shape index (κ2) is 7.17. The standard InChI is InChI=1S/C20H23F2IN4O2/c1-19(2,3)29-18(28)26-10-20(11-26)7-13(8-20)27-16(17(21)22)14(23)15(25-27)12-5-4-6-24-9-12/h4-6,9,13,17H,7-8,10-11H2,1-3H3. The van der Waals surface area contributed by atoms with E-state index in [1.165, 1.54) is 4.68 Å². The zero-order chi connectivity index (χ0) is 21.0. The number of likely N-dealkylation sites (tertiary alicyclic amines) is 1. The maximum atomic E-state index is 13.8. The van der Waals surface area contributed by atoms with E-state index in [1.807, 2.05) is 49.4 Å². The predicted octanol–water partition coefficient (Wildman–Crippen LogP) is 5.06. The summed E-state index contributed by atoms with van der Waals surface area (Å²) < 4.78 is 35.0. The third-order valence-electron chi connectivity index (χ3n) is 5.42. The van der Waals surface area contributed by atoms with Crippen LogP contribution in [0.1, 0.15) is 51.8 Å². The van der Waals surface area contributed by atoms with E-state index in [-0.39, 0.29) is 23.2 Å². The van der Waals surface area contributed by atoms with E-state index in [9.17, 15) is 13.6 Å². The van der Waals surface area contributed by atoms with Crippen molar-refractivity contribution in [3.8, 4) is 11.3 Å². The highest BCUT2D eigenvalue weighted by molar-refractivity contribution is 14.1. The second-order valence-corrected chi connectivity index (χ2v) is 10.0. The zero-order valence-corrected chi connectivity index (χ0v) is 18.7. The number of hydrogen-bond donors (Lipinski definition) is 0. The first kappa shape index (κ1) is 20.5. The Balaban J connectivity index is 1.47. The van der Waals surface area contributed by atoms with E-state index in [4.69, 9.17) is 4.74 Å². The van der Waals surface area contributed by atoms with Gasteiger partial charge in [-0.05, 0) is 68.3 Å². The molecular weight excluding hydrogens is 493 g/mol. The van der Waals surface area contributed by atoms with E-state index >= 15 is 0 Å². The van der Waals surface area contributed by atoms with Crippen LogP contribution < -0.4 is 0 Å². The van der Waals surface area contributed by atoms with Crippen LogP contribution in [-0.4, -0.2) is 44.4 Å². The quantitative estimate of drug-likeness (QED) is 0.536. The molecule has 9 heteroatoms. The van der Waals surface area contributed by atoms with Gasteiger partial charge in [0.1, 0.15) is 17.0 Å². The molecule has 3 heterocycles. The van der Waals surface area contributed by atoms with Crippen molar-refractivity contribution in [1.29, 1.82) is 0 Å². The molecule has 2 aromatic heterocycles. The minimum atomic E-state index is -2.60. The number of ether oxygens (including phenoxy) is 1. The summed E-state index contributed by atoms with van der Waals surface area (Å²) >= 11 is 1.95. The average molecular weight is 516 g/mol. The molecule has 2 fully saturated rings. The molecule has 1 aliphatic carbocycles. The van der Waals surface area contributed by atoms with Gasteiger partial charge in [-0.15, -0.1) is 0 Å². The number of hydrogen-bond acceptors (Lipinski definition) is 4. The topological polar surface area (TPSA) is 60.2 Å². The number of alkyl halides is 2. The van der Waals surface area contributed by atoms with Crippen LogP contribution in [0.3, 0.4) is 0 Å². The van der Waals surface area contributed by atoms with Crippen molar-refractivity contribution in [2.45, 2.75) is 51.7 Å². The van der Waals surface area contributed by atoms with Crippen molar-refractivity contribution in [1.82, 2.24) is 19.7 Å². The van der Waals surface area contributed by atoms with Crippen molar-refractivity contribution in [3.05, 3.63) is 33.8 Å². The summed E-state index contributed by atoms with van der Waals surface area (Å²) in [6.45, 7) is 6.73. The molecule has 0 unspecified atom stereocenters. The molecule has 1 aliphatic heterocycles. The maximum absolute atomic E-state index is 13.8. The number of rotatable bonds is 3. The highest BCUT2D eigenvalue weighted by atomic mass is 127. The van der Waals surface area contributed by atoms with E-state index in [0.717, 1.165) is 18.4 Å². The molecule has 6 nitrogen and oxygen atoms in total. The summed E-state index contributed by atoms with van der Waals surface area (Å²) in [5.74, 6) is 0. The lowest BCUT2D eigenvalue weighted by Crippen LogP contribution is -2.64. The van der Waals surface area contributed by atoms with Crippen LogP contribution >= 0.6 is 22.6 Å². The van der Waals surface area contributed by atoms with E-state index in [2.05, 4.69) is 10.1 Å². The van der Waals surface area contributed by atoms with Crippen molar-refractivity contribution < 1.29 is 18.3 Å². The molecule has 2 aromatic rings. The van der Waals surface area contributed by atoms with Gasteiger partial charge in [0.05, 0.1) is 9.61 Å². The number of halogens is 3. The Kier molecular flexibility index (Phi) is 5.07. The Morgan fingerprint density at radius 2 is 2.03 bits per heavy atom. The van der Waals surface area contributed by atoms with Crippen LogP contribution in [0.5, 0.6) is 0 Å². The summed E-state index contributed by atoms with van der Waals surface area (Å²) in [5.41, 5.74) is 0.702. The zero-order valence-electron chi connectivity index (χ0n) is 16.5. The first-order valence-electron chi connectivity index (χ1n) is 9.53. The molecule has 0 radical (unpaired) electrons. The number of aromatic nitrogens is 3. The van der Waals surface area contributed by atoms with Gasteiger partial charge in [-0.2, -0.15) is 5.10 Å². The summed E-state index contributed by atoms with van der Waals surface area (Å²) in [5, 5.41) is 4.53. The van der Waals surface area contributed by atoms with Gasteiger partial charge in [-0.3, -0.25) is 9.67 Å². The maximum Gasteiger partial charge on any atom is 0.410 e. The highest BCUT2D eigenvalue weighted by Crippen LogP contribution is 2.55. The third-order valence-corrected chi connectivity index (χ3v) is 6.48. The van der Waals surface area contributed by atoms with Gasteiger partial charge in [0.2, 0.25) is 0 Å². The van der Waals surface area contributed by atoms with E-state index in [1.54, 1.807) is 23.4 Å². The van der Waals surface area contributed by atoms with Crippen LogP contribution in [-0.2, 0) is 4.74 Å². The van der Waals surface area contributed by atoms with Crippen molar-refractivity contribution in [3.63, 3.8) is 0 Å². The van der Waals surface area contributed by atoms with E-state index in [0.29, 0.717) is 22.4 Å². The Morgan fingerprint density at radius 3 is 2.59 bits per heavy atom. The molecule has 1 spiro atoms. The number of pyridine rings is 1. The number of carbonyl (C=O) groups is 1. The smallest absolute Gasteiger partial charge is 0.410 e. The largest absolute Gasteiger partial charge is 0.444 e. The van der Waals surface area contributed by atoms with Crippen LogP contribution in [0.2, 0.25) is 0 Å². The van der Waals surface area contributed by atoms with Crippen molar-refractivity contribution in [2.75, 3.05) is 13.1 Å². The normalized spacial score (nSPS) is 18.7. The third kappa shape index (κ3) is 3.85. The molecule has 2 aliphatic rings. The number of amides is 1.